The molecule has 1 heterocycles. The first-order valence-corrected chi connectivity index (χ1v) is 8.89. The highest BCUT2D eigenvalue weighted by atomic mass is 16.5. The molecule has 0 aliphatic carbocycles. The van der Waals surface area contributed by atoms with Crippen LogP contribution >= 0.6 is 0 Å². The van der Waals surface area contributed by atoms with Crippen molar-refractivity contribution in [2.75, 3.05) is 26.3 Å². The normalized spacial score (nSPS) is 18.0. The number of likely N-dealkylation sites (N-methyl/N-ethyl adjacent to an activating group) is 1. The summed E-state index contributed by atoms with van der Waals surface area (Å²) in [6.45, 7) is 8.41. The maximum absolute atomic E-state index is 12.5. The maximum atomic E-state index is 12.5. The molecule has 1 fully saturated rings. The fourth-order valence-corrected chi connectivity index (χ4v) is 3.08. The number of ether oxygens (including phenoxy) is 1. The predicted octanol–water partition coefficient (Wildman–Crippen LogP) is 2.88. The molecule has 0 aromatic heterocycles. The quantitative estimate of drug-likeness (QED) is 0.841. The van der Waals surface area contributed by atoms with E-state index in [4.69, 9.17) is 4.74 Å². The third kappa shape index (κ3) is 5.21. The topological polar surface area (TPSA) is 61.8 Å². The lowest BCUT2D eigenvalue weighted by molar-refractivity contribution is 0.0556. The standard InChI is InChI=1S/C19H30N2O3/c1-4-21(13-18(22)17-7-5-14(2)6-8-17)19(23)20-15(3)16-9-11-24-12-10-16/h5-8,15-16,18,22H,4,9-13H2,1-3H3,(H,20,23). The highest BCUT2D eigenvalue weighted by Gasteiger charge is 2.24. The minimum atomic E-state index is -0.672. The molecule has 5 heteroatoms. The van der Waals surface area contributed by atoms with Gasteiger partial charge < -0.3 is 20.1 Å². The Morgan fingerprint density at radius 3 is 2.54 bits per heavy atom. The number of urea groups is 1. The first-order chi connectivity index (χ1) is 11.5. The molecule has 2 rings (SSSR count). The SMILES string of the molecule is CCN(CC(O)c1ccc(C)cc1)C(=O)NC(C)C1CCOCC1. The summed E-state index contributed by atoms with van der Waals surface area (Å²) in [5.74, 6) is 0.462. The van der Waals surface area contributed by atoms with Crippen LogP contribution < -0.4 is 5.32 Å². The average Bonchev–Trinajstić information content (AvgIpc) is 2.60. The number of aryl methyl sites for hydroxylation is 1. The van der Waals surface area contributed by atoms with Crippen LogP contribution in [0.4, 0.5) is 4.79 Å². The van der Waals surface area contributed by atoms with Crippen LogP contribution in [0.25, 0.3) is 0 Å². The molecule has 2 amide bonds. The highest BCUT2D eigenvalue weighted by molar-refractivity contribution is 5.74. The second kappa shape index (κ2) is 9.04. The van der Waals surface area contributed by atoms with E-state index in [0.717, 1.165) is 37.2 Å². The molecule has 1 aromatic rings. The van der Waals surface area contributed by atoms with Crippen molar-refractivity contribution in [3.8, 4) is 0 Å². The molecule has 1 aliphatic heterocycles. The molecule has 1 aliphatic rings. The van der Waals surface area contributed by atoms with Crippen molar-refractivity contribution < 1.29 is 14.6 Å². The summed E-state index contributed by atoms with van der Waals surface area (Å²) in [5, 5.41) is 13.5. The van der Waals surface area contributed by atoms with Crippen molar-refractivity contribution in [3.63, 3.8) is 0 Å². The maximum Gasteiger partial charge on any atom is 0.317 e. The van der Waals surface area contributed by atoms with Crippen molar-refractivity contribution >= 4 is 6.03 Å². The Hall–Kier alpha value is -1.59. The number of carbonyl (C=O) groups excluding carboxylic acids is 1. The van der Waals surface area contributed by atoms with Crippen LogP contribution in [-0.2, 0) is 4.74 Å². The van der Waals surface area contributed by atoms with E-state index >= 15 is 0 Å². The smallest absolute Gasteiger partial charge is 0.317 e. The van der Waals surface area contributed by atoms with E-state index in [1.165, 1.54) is 0 Å². The Morgan fingerprint density at radius 2 is 1.96 bits per heavy atom. The minimum absolute atomic E-state index is 0.109. The zero-order valence-corrected chi connectivity index (χ0v) is 15.0. The number of amides is 2. The minimum Gasteiger partial charge on any atom is -0.387 e. The van der Waals surface area contributed by atoms with E-state index < -0.39 is 6.10 Å². The Bertz CT molecular complexity index is 512. The Balaban J connectivity index is 1.89. The van der Waals surface area contributed by atoms with Gasteiger partial charge in [0.15, 0.2) is 0 Å². The zero-order valence-electron chi connectivity index (χ0n) is 15.0. The van der Waals surface area contributed by atoms with E-state index in [1.807, 2.05) is 38.1 Å². The summed E-state index contributed by atoms with van der Waals surface area (Å²) >= 11 is 0. The molecular formula is C19H30N2O3. The van der Waals surface area contributed by atoms with Gasteiger partial charge in [-0.15, -0.1) is 0 Å². The van der Waals surface area contributed by atoms with Crippen LogP contribution in [0.1, 0.15) is 43.9 Å². The van der Waals surface area contributed by atoms with E-state index in [1.54, 1.807) is 4.90 Å². The fourth-order valence-electron chi connectivity index (χ4n) is 3.08. The first kappa shape index (κ1) is 18.7. The van der Waals surface area contributed by atoms with Crippen LogP contribution in [0.2, 0.25) is 0 Å². The second-order valence-corrected chi connectivity index (χ2v) is 6.65. The van der Waals surface area contributed by atoms with Gasteiger partial charge in [0.2, 0.25) is 0 Å². The molecule has 0 radical (unpaired) electrons. The van der Waals surface area contributed by atoms with Crippen LogP contribution in [0.3, 0.4) is 0 Å². The molecule has 0 spiro atoms. The van der Waals surface area contributed by atoms with Gasteiger partial charge in [0.1, 0.15) is 0 Å². The Morgan fingerprint density at radius 1 is 1.33 bits per heavy atom. The summed E-state index contributed by atoms with van der Waals surface area (Å²) in [5.41, 5.74) is 1.99. The van der Waals surface area contributed by atoms with Crippen molar-refractivity contribution in [2.45, 2.75) is 45.8 Å². The van der Waals surface area contributed by atoms with Gasteiger partial charge in [-0.05, 0) is 45.1 Å². The molecule has 5 nitrogen and oxygen atoms in total. The summed E-state index contributed by atoms with van der Waals surface area (Å²) in [6.07, 6.45) is 1.30. The van der Waals surface area contributed by atoms with Gasteiger partial charge in [-0.3, -0.25) is 0 Å². The number of rotatable bonds is 6. The third-order valence-electron chi connectivity index (χ3n) is 4.85. The summed E-state index contributed by atoms with van der Waals surface area (Å²) in [6, 6.07) is 7.78. The number of aliphatic hydroxyl groups excluding tert-OH is 1. The van der Waals surface area contributed by atoms with E-state index in [9.17, 15) is 9.90 Å². The summed E-state index contributed by atoms with van der Waals surface area (Å²) in [4.78, 5) is 14.2. The average molecular weight is 334 g/mol. The van der Waals surface area contributed by atoms with E-state index in [0.29, 0.717) is 19.0 Å². The monoisotopic (exact) mass is 334 g/mol. The Kier molecular flexibility index (Phi) is 7.06. The van der Waals surface area contributed by atoms with Gasteiger partial charge in [0, 0.05) is 25.8 Å². The third-order valence-corrected chi connectivity index (χ3v) is 4.85. The zero-order chi connectivity index (χ0) is 17.5. The van der Waals surface area contributed by atoms with Crippen LogP contribution in [0.5, 0.6) is 0 Å². The first-order valence-electron chi connectivity index (χ1n) is 8.89. The van der Waals surface area contributed by atoms with Crippen molar-refractivity contribution in [1.29, 1.82) is 0 Å². The second-order valence-electron chi connectivity index (χ2n) is 6.65. The number of benzene rings is 1. The van der Waals surface area contributed by atoms with E-state index in [2.05, 4.69) is 12.2 Å². The molecule has 1 aromatic carbocycles. The van der Waals surface area contributed by atoms with Gasteiger partial charge in [-0.2, -0.15) is 0 Å². The van der Waals surface area contributed by atoms with Crippen molar-refractivity contribution in [3.05, 3.63) is 35.4 Å². The lowest BCUT2D eigenvalue weighted by Gasteiger charge is -2.31. The largest absolute Gasteiger partial charge is 0.387 e. The molecule has 2 N–H and O–H groups in total. The predicted molar refractivity (Wildman–Crippen MR) is 94.9 cm³/mol. The summed E-state index contributed by atoms with van der Waals surface area (Å²) in [7, 11) is 0. The Labute approximate surface area is 145 Å². The van der Waals surface area contributed by atoms with Crippen LogP contribution in [0.15, 0.2) is 24.3 Å². The van der Waals surface area contributed by atoms with Gasteiger partial charge >= 0.3 is 6.03 Å². The number of hydrogen-bond donors (Lipinski definition) is 2. The number of hydrogen-bond acceptors (Lipinski definition) is 3. The number of carbonyl (C=O) groups is 1. The summed E-state index contributed by atoms with van der Waals surface area (Å²) < 4.78 is 5.38. The van der Waals surface area contributed by atoms with Gasteiger partial charge in [-0.25, -0.2) is 4.79 Å². The lowest BCUT2D eigenvalue weighted by Crippen LogP contribution is -2.48. The van der Waals surface area contributed by atoms with Crippen molar-refractivity contribution in [1.82, 2.24) is 10.2 Å². The lowest BCUT2D eigenvalue weighted by atomic mass is 9.93. The molecule has 2 unspecified atom stereocenters. The number of aliphatic hydroxyl groups is 1. The highest BCUT2D eigenvalue weighted by Crippen LogP contribution is 2.19. The molecule has 0 saturated carbocycles. The molecule has 2 atom stereocenters. The number of nitrogens with zero attached hydrogens (tertiary/aromatic N) is 1. The van der Waals surface area contributed by atoms with Gasteiger partial charge in [-0.1, -0.05) is 29.8 Å². The van der Waals surface area contributed by atoms with Crippen LogP contribution in [-0.4, -0.2) is 48.4 Å². The molecule has 134 valence electrons. The molecule has 1 saturated heterocycles. The van der Waals surface area contributed by atoms with Crippen molar-refractivity contribution in [2.24, 2.45) is 5.92 Å². The van der Waals surface area contributed by atoms with Crippen LogP contribution in [0, 0.1) is 12.8 Å². The molecular weight excluding hydrogens is 304 g/mol. The molecule has 0 bridgehead atoms. The van der Waals surface area contributed by atoms with Gasteiger partial charge in [0.25, 0.3) is 0 Å². The van der Waals surface area contributed by atoms with E-state index in [-0.39, 0.29) is 12.1 Å². The fraction of sp³-hybridized carbons (Fsp3) is 0.632. The molecule has 24 heavy (non-hydrogen) atoms. The van der Waals surface area contributed by atoms with Gasteiger partial charge in [0.05, 0.1) is 12.6 Å². The number of nitrogens with one attached hydrogen (secondary N) is 1.